The fourth-order valence-electron chi connectivity index (χ4n) is 0.340. The Kier molecular flexibility index (Phi) is 106. The molecular weight excluding hydrogens is 422 g/mol. The summed E-state index contributed by atoms with van der Waals surface area (Å²) < 4.78 is 0. The van der Waals surface area contributed by atoms with Crippen molar-refractivity contribution in [2.45, 2.75) is 20.3 Å². The van der Waals surface area contributed by atoms with Crippen molar-refractivity contribution in [2.24, 2.45) is 0 Å². The first-order valence-corrected chi connectivity index (χ1v) is 2.87. The smallest absolute Gasteiger partial charge is 0.335 e. The van der Waals surface area contributed by atoms with Gasteiger partial charge in [-0.1, -0.05) is 0 Å². The molecule has 0 radical (unpaired) electrons. The van der Waals surface area contributed by atoms with Crippen molar-refractivity contribution in [3.8, 4) is 0 Å². The molecular formula is C8H16Cl4W. The molecule has 0 unspecified atom stereocenters. The van der Waals surface area contributed by atoms with Gasteiger partial charge in [-0.3, -0.25) is 6.08 Å². The minimum atomic E-state index is 0. The number of halogens is 4. The molecule has 0 N–H and O–H groups in total. The topological polar surface area (TPSA) is 0 Å². The predicted octanol–water partition coefficient (Wildman–Crippen LogP) is 4.22. The van der Waals surface area contributed by atoms with Gasteiger partial charge in [0.25, 0.3) is 0 Å². The molecule has 0 atom stereocenters. The van der Waals surface area contributed by atoms with Crippen molar-refractivity contribution in [3.63, 3.8) is 0 Å². The van der Waals surface area contributed by atoms with E-state index in [4.69, 9.17) is 0 Å². The van der Waals surface area contributed by atoms with Gasteiger partial charge in [-0.05, 0) is 0 Å². The van der Waals surface area contributed by atoms with E-state index >= 15 is 0 Å². The number of allylic oxidation sites excluding steroid dienone is 4. The normalized spacial score (nSPS) is 8.15. The zero-order valence-corrected chi connectivity index (χ0v) is 13.8. The summed E-state index contributed by atoms with van der Waals surface area (Å²) in [7, 11) is 0. The third-order valence-corrected chi connectivity index (χ3v) is 0.586. The number of hydrogen-bond donors (Lipinski definition) is 0. The van der Waals surface area contributed by atoms with Crippen LogP contribution in [-0.4, -0.2) is 0 Å². The fourth-order valence-corrected chi connectivity index (χ4v) is 0.340. The van der Waals surface area contributed by atoms with E-state index in [1.807, 2.05) is 32.4 Å². The minimum Gasteiger partial charge on any atom is -0.335 e. The molecule has 0 amide bonds. The summed E-state index contributed by atoms with van der Waals surface area (Å²) in [4.78, 5) is 0. The zero-order chi connectivity index (χ0) is 6.24. The third-order valence-electron chi connectivity index (χ3n) is 0.586. The van der Waals surface area contributed by atoms with Crippen LogP contribution in [0.5, 0.6) is 0 Å². The molecule has 0 nitrogen and oxygen atoms in total. The van der Waals surface area contributed by atoms with Gasteiger partial charge in [0.05, 0.1) is 0 Å². The average molecular weight is 438 g/mol. The standard InChI is InChI=1S/C5H5.C3H7.4ClH.W/c1-2-4-5-3-1;1-3-2;;;;;/h1-3H,4H2;3H,1-2H3;4*1H;/q2*-1;;;;;+2. The van der Waals surface area contributed by atoms with E-state index in [2.05, 4.69) is 12.2 Å². The van der Waals surface area contributed by atoms with Crippen molar-refractivity contribution in [3.05, 3.63) is 30.7 Å². The van der Waals surface area contributed by atoms with E-state index in [9.17, 15) is 0 Å². The van der Waals surface area contributed by atoms with Crippen LogP contribution in [0.1, 0.15) is 20.3 Å². The van der Waals surface area contributed by atoms with Crippen LogP contribution >= 0.6 is 49.6 Å². The molecule has 13 heavy (non-hydrogen) atoms. The molecule has 0 aromatic carbocycles. The molecule has 0 heterocycles. The second kappa shape index (κ2) is 37.7. The third kappa shape index (κ3) is 42.7. The van der Waals surface area contributed by atoms with Gasteiger partial charge in [0, 0.05) is 0 Å². The largest absolute Gasteiger partial charge is 2.00 e. The van der Waals surface area contributed by atoms with Crippen LogP contribution in [0.25, 0.3) is 0 Å². The Morgan fingerprint density at radius 2 is 1.46 bits per heavy atom. The number of hydrogen-bond acceptors (Lipinski definition) is 0. The summed E-state index contributed by atoms with van der Waals surface area (Å²) in [6.45, 7) is 4.00. The van der Waals surface area contributed by atoms with Crippen LogP contribution in [0, 0.1) is 12.5 Å². The van der Waals surface area contributed by atoms with Gasteiger partial charge in [0.1, 0.15) is 0 Å². The van der Waals surface area contributed by atoms with Crippen molar-refractivity contribution >= 4 is 49.6 Å². The SMILES string of the molecule is C[CH-]C.Cl.Cl.Cl.Cl.[C-]1=CC=CC1.[W+2]. The summed E-state index contributed by atoms with van der Waals surface area (Å²) in [5.41, 5.74) is 0. The maximum atomic E-state index is 2.99. The van der Waals surface area contributed by atoms with Crippen molar-refractivity contribution < 1.29 is 21.1 Å². The second-order valence-electron chi connectivity index (χ2n) is 1.58. The molecule has 1 aliphatic rings. The summed E-state index contributed by atoms with van der Waals surface area (Å²) in [6.07, 6.45) is 12.0. The van der Waals surface area contributed by atoms with Gasteiger partial charge in [-0.25, -0.2) is 12.2 Å². The van der Waals surface area contributed by atoms with Crippen molar-refractivity contribution in [1.29, 1.82) is 0 Å². The first-order chi connectivity index (χ1) is 3.91. The maximum absolute atomic E-state index is 2.99. The van der Waals surface area contributed by atoms with E-state index in [0.29, 0.717) is 0 Å². The van der Waals surface area contributed by atoms with Crippen LogP contribution in [0.4, 0.5) is 0 Å². The predicted molar refractivity (Wildman–Crippen MR) is 66.2 cm³/mol. The Labute approximate surface area is 121 Å². The Balaban J connectivity index is -0.0000000144. The zero-order valence-electron chi connectivity index (χ0n) is 7.56. The van der Waals surface area contributed by atoms with E-state index in [-0.39, 0.29) is 70.7 Å². The van der Waals surface area contributed by atoms with Gasteiger partial charge in [-0.2, -0.15) is 19.9 Å². The molecule has 5 heteroatoms. The molecule has 0 aromatic heterocycles. The molecule has 1 rings (SSSR count). The Hall–Kier alpha value is 1.33. The molecule has 1 aliphatic carbocycles. The Morgan fingerprint density at radius 1 is 1.08 bits per heavy atom. The fraction of sp³-hybridized carbons (Fsp3) is 0.375. The second-order valence-corrected chi connectivity index (χ2v) is 1.58. The molecule has 0 saturated heterocycles. The Morgan fingerprint density at radius 3 is 1.54 bits per heavy atom. The Bertz CT molecular complexity index is 84.1. The molecule has 0 fully saturated rings. The number of rotatable bonds is 0. The molecule has 0 bridgehead atoms. The van der Waals surface area contributed by atoms with Crippen LogP contribution in [0.2, 0.25) is 0 Å². The van der Waals surface area contributed by atoms with Crippen molar-refractivity contribution in [2.75, 3.05) is 0 Å². The summed E-state index contributed by atoms with van der Waals surface area (Å²) in [5.74, 6) is 0. The van der Waals surface area contributed by atoms with Crippen LogP contribution in [-0.2, 0) is 21.1 Å². The van der Waals surface area contributed by atoms with Crippen LogP contribution in [0.3, 0.4) is 0 Å². The molecule has 82 valence electrons. The van der Waals surface area contributed by atoms with Gasteiger partial charge in [0.15, 0.2) is 0 Å². The van der Waals surface area contributed by atoms with Crippen LogP contribution in [0.15, 0.2) is 18.2 Å². The average Bonchev–Trinajstić information content (AvgIpc) is 2.17. The quantitative estimate of drug-likeness (QED) is 0.498. The molecule has 0 aliphatic heterocycles. The minimum absolute atomic E-state index is 0. The van der Waals surface area contributed by atoms with E-state index in [1.54, 1.807) is 0 Å². The summed E-state index contributed by atoms with van der Waals surface area (Å²) in [6, 6.07) is 0. The van der Waals surface area contributed by atoms with E-state index < -0.39 is 0 Å². The van der Waals surface area contributed by atoms with Crippen LogP contribution < -0.4 is 0 Å². The summed E-state index contributed by atoms with van der Waals surface area (Å²) >= 11 is 0. The molecule has 0 saturated carbocycles. The first-order valence-electron chi connectivity index (χ1n) is 2.87. The van der Waals surface area contributed by atoms with Gasteiger partial charge >= 0.3 is 21.1 Å². The van der Waals surface area contributed by atoms with Gasteiger partial charge in [-0.15, -0.1) is 56.0 Å². The van der Waals surface area contributed by atoms with Crippen molar-refractivity contribution in [1.82, 2.24) is 0 Å². The monoisotopic (exact) mass is 436 g/mol. The van der Waals surface area contributed by atoms with Gasteiger partial charge in [0.2, 0.25) is 0 Å². The molecule has 0 aromatic rings. The first kappa shape index (κ1) is 36.7. The maximum Gasteiger partial charge on any atom is 2.00 e. The molecule has 0 spiro atoms. The van der Waals surface area contributed by atoms with Gasteiger partial charge < -0.3 is 6.42 Å². The van der Waals surface area contributed by atoms with E-state index in [0.717, 1.165) is 6.42 Å². The summed E-state index contributed by atoms with van der Waals surface area (Å²) in [5, 5.41) is 0. The van der Waals surface area contributed by atoms with E-state index in [1.165, 1.54) is 0 Å².